The Morgan fingerprint density at radius 3 is 2.48 bits per heavy atom. The van der Waals surface area contributed by atoms with Gasteiger partial charge in [-0.2, -0.15) is 0 Å². The van der Waals surface area contributed by atoms with Crippen LogP contribution in [0, 0.1) is 0 Å². The summed E-state index contributed by atoms with van der Waals surface area (Å²) in [5.41, 5.74) is 11.7. The fourth-order valence-electron chi connectivity index (χ4n) is 2.12. The van der Waals surface area contributed by atoms with E-state index in [9.17, 15) is 9.59 Å². The van der Waals surface area contributed by atoms with Crippen LogP contribution in [0.4, 0.5) is 0 Å². The van der Waals surface area contributed by atoms with E-state index in [0.717, 1.165) is 18.4 Å². The van der Waals surface area contributed by atoms with E-state index in [1.807, 2.05) is 6.07 Å². The maximum absolute atomic E-state index is 12.4. The summed E-state index contributed by atoms with van der Waals surface area (Å²) in [6, 6.07) is 4.51. The van der Waals surface area contributed by atoms with Crippen LogP contribution in [0.3, 0.4) is 0 Å². The Hall–Kier alpha value is -1.30. The lowest BCUT2D eigenvalue weighted by molar-refractivity contribution is -0.135. The van der Waals surface area contributed by atoms with Gasteiger partial charge in [0.2, 0.25) is 11.8 Å². The molecule has 1 atom stereocenters. The fraction of sp³-hybridized carbons (Fsp3) is 0.429. The second-order valence-corrected chi connectivity index (χ2v) is 6.04. The monoisotopic (exact) mass is 329 g/mol. The number of halogens is 2. The zero-order chi connectivity index (χ0) is 15.6. The van der Waals surface area contributed by atoms with Crippen molar-refractivity contribution >= 4 is 35.0 Å². The molecule has 1 aromatic carbocycles. The largest absolute Gasteiger partial charge is 0.370 e. The first-order chi connectivity index (χ1) is 9.88. The van der Waals surface area contributed by atoms with E-state index in [1.165, 1.54) is 0 Å². The van der Waals surface area contributed by atoms with Crippen molar-refractivity contribution in [2.45, 2.75) is 37.9 Å². The number of carbonyl (C=O) groups is 2. The molecule has 1 aromatic rings. The van der Waals surface area contributed by atoms with Crippen molar-refractivity contribution in [2.75, 3.05) is 0 Å². The highest BCUT2D eigenvalue weighted by atomic mass is 35.5. The van der Waals surface area contributed by atoms with Gasteiger partial charge in [0.15, 0.2) is 0 Å². The van der Waals surface area contributed by atoms with Gasteiger partial charge < -0.3 is 16.4 Å². The average Bonchev–Trinajstić information content (AvgIpc) is 3.22. The minimum atomic E-state index is -0.897. The molecule has 0 radical (unpaired) electrons. The lowest BCUT2D eigenvalue weighted by Crippen LogP contribution is -2.46. The van der Waals surface area contributed by atoms with Gasteiger partial charge in [0.25, 0.3) is 0 Å². The summed E-state index contributed by atoms with van der Waals surface area (Å²) in [6.45, 7) is 0.396. The molecule has 0 bridgehead atoms. The molecule has 2 rings (SSSR count). The quantitative estimate of drug-likeness (QED) is 0.832. The highest BCUT2D eigenvalue weighted by Gasteiger charge is 2.35. The smallest absolute Gasteiger partial charge is 0.240 e. The van der Waals surface area contributed by atoms with Crippen LogP contribution < -0.4 is 11.5 Å². The molecule has 0 spiro atoms. The molecule has 4 N–H and O–H groups in total. The van der Waals surface area contributed by atoms with Crippen molar-refractivity contribution in [1.82, 2.24) is 4.90 Å². The van der Waals surface area contributed by atoms with Crippen molar-refractivity contribution in [1.29, 1.82) is 0 Å². The van der Waals surface area contributed by atoms with Crippen LogP contribution in [0.5, 0.6) is 0 Å². The Kier molecular flexibility index (Phi) is 5.08. The summed E-state index contributed by atoms with van der Waals surface area (Å²) in [5.74, 6) is -0.844. The van der Waals surface area contributed by atoms with E-state index < -0.39 is 11.9 Å². The molecule has 114 valence electrons. The van der Waals surface area contributed by atoms with Crippen LogP contribution in [0.25, 0.3) is 0 Å². The molecule has 5 nitrogen and oxygen atoms in total. The summed E-state index contributed by atoms with van der Waals surface area (Å²) >= 11 is 11.9. The summed E-state index contributed by atoms with van der Waals surface area (Å²) in [5, 5.41) is 0.911. The molecule has 0 aromatic heterocycles. The average molecular weight is 330 g/mol. The minimum Gasteiger partial charge on any atom is -0.370 e. The number of nitrogens with zero attached hydrogens (tertiary/aromatic N) is 1. The van der Waals surface area contributed by atoms with Gasteiger partial charge in [-0.05, 0) is 30.5 Å². The number of benzene rings is 1. The topological polar surface area (TPSA) is 89.4 Å². The molecule has 1 aliphatic carbocycles. The number of amides is 2. The van der Waals surface area contributed by atoms with Gasteiger partial charge in [0, 0.05) is 12.6 Å². The molecule has 1 fully saturated rings. The lowest BCUT2D eigenvalue weighted by Gasteiger charge is -2.25. The maximum Gasteiger partial charge on any atom is 0.240 e. The molecular formula is C14H17Cl2N3O2. The third kappa shape index (κ3) is 4.33. The predicted molar refractivity (Wildman–Crippen MR) is 81.8 cm³/mol. The van der Waals surface area contributed by atoms with Crippen molar-refractivity contribution in [3.63, 3.8) is 0 Å². The van der Waals surface area contributed by atoms with E-state index in [1.54, 1.807) is 17.0 Å². The number of primary amides is 1. The first-order valence-corrected chi connectivity index (χ1v) is 7.42. The van der Waals surface area contributed by atoms with Crippen LogP contribution >= 0.6 is 23.2 Å². The molecule has 1 unspecified atom stereocenters. The van der Waals surface area contributed by atoms with Gasteiger partial charge in [0.1, 0.15) is 0 Å². The molecular weight excluding hydrogens is 313 g/mol. The van der Waals surface area contributed by atoms with E-state index in [0.29, 0.717) is 16.6 Å². The van der Waals surface area contributed by atoms with Gasteiger partial charge >= 0.3 is 0 Å². The Bertz CT molecular complexity index is 561. The fourth-order valence-corrected chi connectivity index (χ4v) is 2.45. The Balaban J connectivity index is 2.10. The summed E-state index contributed by atoms with van der Waals surface area (Å²) < 4.78 is 0. The van der Waals surface area contributed by atoms with Gasteiger partial charge in [-0.3, -0.25) is 9.59 Å². The van der Waals surface area contributed by atoms with Gasteiger partial charge in [-0.15, -0.1) is 0 Å². The molecule has 21 heavy (non-hydrogen) atoms. The zero-order valence-corrected chi connectivity index (χ0v) is 12.9. The van der Waals surface area contributed by atoms with Gasteiger partial charge in [0.05, 0.1) is 22.5 Å². The van der Waals surface area contributed by atoms with Crippen molar-refractivity contribution in [2.24, 2.45) is 11.5 Å². The van der Waals surface area contributed by atoms with E-state index >= 15 is 0 Å². The standard InChI is InChI=1S/C14H17Cl2N3O2/c15-10-4-1-8(5-11(10)16)7-19(9-2-3-9)14(21)12(17)6-13(18)20/h1,4-5,9,12H,2-3,6-7,17H2,(H2,18,20). The SMILES string of the molecule is NC(=O)CC(N)C(=O)N(Cc1ccc(Cl)c(Cl)c1)C1CC1. The summed E-state index contributed by atoms with van der Waals surface area (Å²) in [6.07, 6.45) is 1.73. The second kappa shape index (κ2) is 6.64. The Morgan fingerprint density at radius 2 is 1.95 bits per heavy atom. The number of hydrogen-bond acceptors (Lipinski definition) is 3. The first kappa shape index (κ1) is 16.1. The molecule has 0 heterocycles. The van der Waals surface area contributed by atoms with Gasteiger partial charge in [-0.25, -0.2) is 0 Å². The number of carbonyl (C=O) groups excluding carboxylic acids is 2. The molecule has 7 heteroatoms. The first-order valence-electron chi connectivity index (χ1n) is 6.66. The molecule has 1 aliphatic rings. The highest BCUT2D eigenvalue weighted by Crippen LogP contribution is 2.30. The number of rotatable bonds is 6. The zero-order valence-electron chi connectivity index (χ0n) is 11.4. The van der Waals surface area contributed by atoms with E-state index in [4.69, 9.17) is 34.7 Å². The van der Waals surface area contributed by atoms with Gasteiger partial charge in [-0.1, -0.05) is 29.3 Å². The van der Waals surface area contributed by atoms with Crippen molar-refractivity contribution in [3.8, 4) is 0 Å². The minimum absolute atomic E-state index is 0.149. The Labute approximate surface area is 133 Å². The highest BCUT2D eigenvalue weighted by molar-refractivity contribution is 6.42. The summed E-state index contributed by atoms with van der Waals surface area (Å²) in [4.78, 5) is 24.9. The molecule has 0 aliphatic heterocycles. The van der Waals surface area contributed by atoms with Crippen LogP contribution in [0.2, 0.25) is 10.0 Å². The van der Waals surface area contributed by atoms with Crippen LogP contribution in [-0.4, -0.2) is 28.8 Å². The number of hydrogen-bond donors (Lipinski definition) is 2. The predicted octanol–water partition coefficient (Wildman–Crippen LogP) is 1.69. The Morgan fingerprint density at radius 1 is 1.29 bits per heavy atom. The van der Waals surface area contributed by atoms with E-state index in [-0.39, 0.29) is 18.4 Å². The lowest BCUT2D eigenvalue weighted by atomic mass is 10.1. The number of nitrogens with two attached hydrogens (primary N) is 2. The van der Waals surface area contributed by atoms with Crippen molar-refractivity contribution in [3.05, 3.63) is 33.8 Å². The van der Waals surface area contributed by atoms with Crippen LogP contribution in [0.15, 0.2) is 18.2 Å². The van der Waals surface area contributed by atoms with Crippen LogP contribution in [0.1, 0.15) is 24.8 Å². The molecule has 2 amide bonds. The molecule has 0 saturated heterocycles. The second-order valence-electron chi connectivity index (χ2n) is 5.22. The third-order valence-electron chi connectivity index (χ3n) is 3.35. The van der Waals surface area contributed by atoms with E-state index in [2.05, 4.69) is 0 Å². The summed E-state index contributed by atoms with van der Waals surface area (Å²) in [7, 11) is 0. The maximum atomic E-state index is 12.4. The van der Waals surface area contributed by atoms with Crippen molar-refractivity contribution < 1.29 is 9.59 Å². The normalized spacial score (nSPS) is 15.6. The van der Waals surface area contributed by atoms with Crippen LogP contribution in [-0.2, 0) is 16.1 Å². The third-order valence-corrected chi connectivity index (χ3v) is 4.08. The molecule has 1 saturated carbocycles.